The molecule has 3 saturated heterocycles. The molecule has 3 rings (SSSR count). The van der Waals surface area contributed by atoms with Crippen molar-refractivity contribution in [2.45, 2.75) is 88.0 Å². The molecule has 8 atom stereocenters. The summed E-state index contributed by atoms with van der Waals surface area (Å²) in [4.78, 5) is 44.8. The van der Waals surface area contributed by atoms with Crippen LogP contribution >= 0.6 is 15.9 Å². The molecule has 3 fully saturated rings. The maximum atomic E-state index is 14.4. The van der Waals surface area contributed by atoms with Crippen LogP contribution in [-0.2, 0) is 23.9 Å². The summed E-state index contributed by atoms with van der Waals surface area (Å²) in [7, 11) is 0. The largest absolute Gasteiger partial charge is 0.465 e. The quantitative estimate of drug-likeness (QED) is 0.159. The third kappa shape index (κ3) is 4.78. The standard InChI is InChI=1S/C27H41BrN2O6/c1-7-10-13-35-26(34)20-21-24(32)30(19(15-31)16(4)5)23(27(21)14-18(28)22(20)36-27)25(33)29(12-9-3)17(6)11-8-2/h7,9,16-23,31H,1,3,8,10-15H2,2,4-6H3/t17?,18?,19-,20+,21-,22+,23?,27?/m0/s1. The van der Waals surface area contributed by atoms with Crippen LogP contribution in [0.2, 0.25) is 0 Å². The fourth-order valence-electron chi connectivity index (χ4n) is 6.29. The number of hydrogen-bond acceptors (Lipinski definition) is 6. The van der Waals surface area contributed by atoms with Crippen LogP contribution < -0.4 is 0 Å². The number of carbonyl (C=O) groups excluding carboxylic acids is 3. The predicted octanol–water partition coefficient (Wildman–Crippen LogP) is 3.07. The molecule has 0 radical (unpaired) electrons. The van der Waals surface area contributed by atoms with Crippen molar-refractivity contribution in [1.29, 1.82) is 0 Å². The van der Waals surface area contributed by atoms with E-state index in [-0.39, 0.29) is 41.8 Å². The third-order valence-corrected chi connectivity index (χ3v) is 8.81. The van der Waals surface area contributed by atoms with Gasteiger partial charge in [0.05, 0.1) is 37.2 Å². The molecular formula is C27H41BrN2O6. The van der Waals surface area contributed by atoms with Gasteiger partial charge in [-0.2, -0.15) is 0 Å². The molecule has 2 bridgehead atoms. The van der Waals surface area contributed by atoms with Crippen molar-refractivity contribution in [3.63, 3.8) is 0 Å². The van der Waals surface area contributed by atoms with Gasteiger partial charge in [0.25, 0.3) is 0 Å². The topological polar surface area (TPSA) is 96.4 Å². The number of aliphatic hydroxyl groups is 1. The molecule has 3 heterocycles. The molecule has 1 spiro atoms. The van der Waals surface area contributed by atoms with E-state index in [0.29, 0.717) is 19.4 Å². The zero-order valence-electron chi connectivity index (χ0n) is 21.9. The number of halogens is 1. The normalized spacial score (nSPS) is 32.4. The Hall–Kier alpha value is -1.71. The molecule has 4 unspecified atom stereocenters. The molecule has 0 aromatic rings. The lowest BCUT2D eigenvalue weighted by Gasteiger charge is -2.41. The SMILES string of the molecule is C=CCCOC(=O)[C@H]1[C@@H]2OC3(CC2Br)C(C(=O)N(CC=C)C(C)CCC)N([C@@H](CO)C(C)C)C(=O)[C@H]13. The van der Waals surface area contributed by atoms with Gasteiger partial charge in [-0.25, -0.2) is 0 Å². The number of amides is 2. The van der Waals surface area contributed by atoms with Gasteiger partial charge in [0, 0.05) is 17.4 Å². The second kappa shape index (κ2) is 11.8. The van der Waals surface area contributed by atoms with Gasteiger partial charge in [-0.3, -0.25) is 14.4 Å². The van der Waals surface area contributed by atoms with Gasteiger partial charge >= 0.3 is 5.97 Å². The minimum absolute atomic E-state index is 0.0717. The third-order valence-electron chi connectivity index (χ3n) is 7.96. The number of nitrogens with zero attached hydrogens (tertiary/aromatic N) is 2. The molecule has 9 heteroatoms. The molecule has 1 N–H and O–H groups in total. The van der Waals surface area contributed by atoms with E-state index in [2.05, 4.69) is 36.0 Å². The molecular weight excluding hydrogens is 528 g/mol. The fraction of sp³-hybridized carbons (Fsp3) is 0.741. The number of fused-ring (bicyclic) bond motifs is 1. The highest BCUT2D eigenvalue weighted by Crippen LogP contribution is 2.61. The van der Waals surface area contributed by atoms with Crippen LogP contribution in [0.1, 0.15) is 53.4 Å². The number of hydrogen-bond donors (Lipinski definition) is 1. The van der Waals surface area contributed by atoms with Crippen molar-refractivity contribution < 1.29 is 29.0 Å². The maximum Gasteiger partial charge on any atom is 0.312 e. The van der Waals surface area contributed by atoms with Crippen LogP contribution in [0.15, 0.2) is 25.3 Å². The number of carbonyl (C=O) groups is 3. The monoisotopic (exact) mass is 568 g/mol. The average molecular weight is 570 g/mol. The van der Waals surface area contributed by atoms with Gasteiger partial charge in [-0.15, -0.1) is 13.2 Å². The molecule has 0 aliphatic carbocycles. The van der Waals surface area contributed by atoms with Crippen LogP contribution in [0.4, 0.5) is 0 Å². The van der Waals surface area contributed by atoms with Crippen LogP contribution in [0.25, 0.3) is 0 Å². The van der Waals surface area contributed by atoms with E-state index < -0.39 is 41.6 Å². The zero-order valence-corrected chi connectivity index (χ0v) is 23.5. The lowest BCUT2D eigenvalue weighted by molar-refractivity contribution is -0.157. The van der Waals surface area contributed by atoms with Crippen LogP contribution in [0.5, 0.6) is 0 Å². The van der Waals surface area contributed by atoms with E-state index in [0.717, 1.165) is 12.8 Å². The first kappa shape index (κ1) is 28.9. The summed E-state index contributed by atoms with van der Waals surface area (Å²) in [5.74, 6) is -2.83. The second-order valence-electron chi connectivity index (χ2n) is 10.6. The first-order valence-electron chi connectivity index (χ1n) is 13.0. The highest BCUT2D eigenvalue weighted by Gasteiger charge is 2.77. The molecule has 8 nitrogen and oxygen atoms in total. The van der Waals surface area contributed by atoms with Crippen molar-refractivity contribution in [3.05, 3.63) is 25.3 Å². The zero-order chi connectivity index (χ0) is 26.8. The number of likely N-dealkylation sites (tertiary alicyclic amines) is 1. The molecule has 0 aromatic heterocycles. The highest BCUT2D eigenvalue weighted by atomic mass is 79.9. The van der Waals surface area contributed by atoms with Crippen molar-refractivity contribution >= 4 is 33.7 Å². The van der Waals surface area contributed by atoms with Gasteiger partial charge in [0.1, 0.15) is 11.6 Å². The Kier molecular flexibility index (Phi) is 9.44. The number of esters is 1. The summed E-state index contributed by atoms with van der Waals surface area (Å²) >= 11 is 3.67. The van der Waals surface area contributed by atoms with E-state index in [9.17, 15) is 19.5 Å². The Bertz CT molecular complexity index is 865. The van der Waals surface area contributed by atoms with Gasteiger partial charge in [-0.05, 0) is 32.1 Å². The second-order valence-corrected chi connectivity index (χ2v) is 11.7. The molecule has 0 saturated carbocycles. The summed E-state index contributed by atoms with van der Waals surface area (Å²) in [6, 6.07) is -1.62. The minimum Gasteiger partial charge on any atom is -0.465 e. The highest BCUT2D eigenvalue weighted by molar-refractivity contribution is 9.09. The van der Waals surface area contributed by atoms with E-state index in [4.69, 9.17) is 9.47 Å². The van der Waals surface area contributed by atoms with Crippen LogP contribution in [0, 0.1) is 17.8 Å². The van der Waals surface area contributed by atoms with Gasteiger partial charge < -0.3 is 24.4 Å². The number of ether oxygens (including phenoxy) is 2. The Morgan fingerprint density at radius 2 is 2.03 bits per heavy atom. The Morgan fingerprint density at radius 1 is 1.33 bits per heavy atom. The molecule has 3 aliphatic heterocycles. The van der Waals surface area contributed by atoms with E-state index in [1.54, 1.807) is 17.1 Å². The van der Waals surface area contributed by atoms with Crippen LogP contribution in [0.3, 0.4) is 0 Å². The van der Waals surface area contributed by atoms with E-state index >= 15 is 0 Å². The molecule has 2 amide bonds. The van der Waals surface area contributed by atoms with Gasteiger partial charge in [0.15, 0.2) is 0 Å². The Labute approximate surface area is 223 Å². The summed E-state index contributed by atoms with van der Waals surface area (Å²) < 4.78 is 12.0. The van der Waals surface area contributed by atoms with E-state index in [1.807, 2.05) is 20.8 Å². The molecule has 3 aliphatic rings. The van der Waals surface area contributed by atoms with Crippen molar-refractivity contribution in [3.8, 4) is 0 Å². The summed E-state index contributed by atoms with van der Waals surface area (Å²) in [5.41, 5.74) is -1.18. The minimum atomic E-state index is -1.18. The van der Waals surface area contributed by atoms with Crippen LogP contribution in [-0.4, -0.2) is 87.1 Å². The smallest absolute Gasteiger partial charge is 0.312 e. The first-order valence-corrected chi connectivity index (χ1v) is 14.0. The Morgan fingerprint density at radius 3 is 2.58 bits per heavy atom. The number of rotatable bonds is 13. The van der Waals surface area contributed by atoms with Crippen molar-refractivity contribution in [2.24, 2.45) is 17.8 Å². The lowest BCUT2D eigenvalue weighted by Crippen LogP contribution is -2.61. The molecule has 202 valence electrons. The van der Waals surface area contributed by atoms with Crippen molar-refractivity contribution in [1.82, 2.24) is 9.80 Å². The van der Waals surface area contributed by atoms with Crippen molar-refractivity contribution in [2.75, 3.05) is 19.8 Å². The van der Waals surface area contributed by atoms with Gasteiger partial charge in [0.2, 0.25) is 11.8 Å². The average Bonchev–Trinajstić information content (AvgIpc) is 3.41. The maximum absolute atomic E-state index is 14.4. The lowest BCUT2D eigenvalue weighted by atomic mass is 9.70. The fourth-order valence-corrected chi connectivity index (χ4v) is 7.23. The first-order chi connectivity index (χ1) is 17.1. The summed E-state index contributed by atoms with van der Waals surface area (Å²) in [5, 5.41) is 10.3. The van der Waals surface area contributed by atoms with Gasteiger partial charge in [-0.1, -0.05) is 55.3 Å². The molecule has 36 heavy (non-hydrogen) atoms. The summed E-state index contributed by atoms with van der Waals surface area (Å²) in [6.07, 6.45) is 5.40. The predicted molar refractivity (Wildman–Crippen MR) is 140 cm³/mol. The number of alkyl halides is 1. The number of aliphatic hydroxyl groups excluding tert-OH is 1. The Balaban J connectivity index is 2.10. The summed E-state index contributed by atoms with van der Waals surface area (Å²) in [6.45, 7) is 15.6. The molecule has 0 aromatic carbocycles. The van der Waals surface area contributed by atoms with E-state index in [1.165, 1.54) is 4.90 Å².